The first kappa shape index (κ1) is 14.4. The highest BCUT2D eigenvalue weighted by atomic mass is 16.5. The van der Waals surface area contributed by atoms with Gasteiger partial charge in [-0.2, -0.15) is 0 Å². The van der Waals surface area contributed by atoms with Crippen molar-refractivity contribution < 1.29 is 19.1 Å². The van der Waals surface area contributed by atoms with E-state index in [1.54, 1.807) is 0 Å². The Morgan fingerprint density at radius 1 is 0.812 bits per heavy atom. The Kier molecular flexibility index (Phi) is 8.97. The number of hydrogen-bond donors (Lipinski definition) is 0. The number of hydrogen-bond acceptors (Lipinski definition) is 4. The van der Waals surface area contributed by atoms with Crippen LogP contribution in [0.25, 0.3) is 0 Å². The molecule has 0 saturated heterocycles. The summed E-state index contributed by atoms with van der Waals surface area (Å²) >= 11 is 0. The molecular weight excluding hydrogens is 208 g/mol. The van der Waals surface area contributed by atoms with Gasteiger partial charge in [0.2, 0.25) is 0 Å². The normalized spacial score (nSPS) is 9.25. The van der Waals surface area contributed by atoms with E-state index < -0.39 is 0 Å². The van der Waals surface area contributed by atoms with E-state index in [1.807, 2.05) is 0 Å². The van der Waals surface area contributed by atoms with Crippen LogP contribution < -0.4 is 0 Å². The van der Waals surface area contributed by atoms with Gasteiger partial charge in [-0.15, -0.1) is 0 Å². The molecule has 4 nitrogen and oxygen atoms in total. The van der Waals surface area contributed by atoms with Gasteiger partial charge in [0.1, 0.15) is 0 Å². The third kappa shape index (κ3) is 8.99. The van der Waals surface area contributed by atoms with Crippen molar-refractivity contribution >= 4 is 11.9 Å². The number of ether oxygens (including phenoxy) is 2. The average molecular weight is 226 g/mol. The maximum absolute atomic E-state index is 10.9. The molecule has 0 spiro atoms. The summed E-state index contributed by atoms with van der Waals surface area (Å²) in [5.41, 5.74) is 0. The Labute approximate surface area is 95.9 Å². The molecule has 4 heteroatoms. The zero-order valence-corrected chi connectivity index (χ0v) is 9.44. The van der Waals surface area contributed by atoms with Gasteiger partial charge in [-0.25, -0.2) is 0 Å². The highest BCUT2D eigenvalue weighted by Crippen LogP contribution is 2.07. The number of esters is 2. The van der Waals surface area contributed by atoms with Crippen molar-refractivity contribution in [3.63, 3.8) is 0 Å². The Bertz CT molecular complexity index is 219. The van der Waals surface area contributed by atoms with E-state index in [-0.39, 0.29) is 11.9 Å². The molecule has 90 valence electrons. The van der Waals surface area contributed by atoms with Crippen LogP contribution in [0.2, 0.25) is 0 Å². The minimum atomic E-state index is -0.263. The summed E-state index contributed by atoms with van der Waals surface area (Å²) in [7, 11) is 0. The van der Waals surface area contributed by atoms with Gasteiger partial charge in [0.25, 0.3) is 0 Å². The smallest absolute Gasteiger partial charge is 0.310 e. The monoisotopic (exact) mass is 226 g/mol. The van der Waals surface area contributed by atoms with Gasteiger partial charge in [-0.3, -0.25) is 9.59 Å². The van der Waals surface area contributed by atoms with Crippen molar-refractivity contribution in [2.24, 2.45) is 0 Å². The van der Waals surface area contributed by atoms with Crippen LogP contribution in [0.1, 0.15) is 38.5 Å². The quantitative estimate of drug-likeness (QED) is 0.344. The highest BCUT2D eigenvalue weighted by Gasteiger charge is 2.02. The van der Waals surface area contributed by atoms with E-state index in [0.29, 0.717) is 12.8 Å². The third-order valence-electron chi connectivity index (χ3n) is 1.94. The SMILES string of the molecule is C=COC(=O)CCCCCCC(=O)OC=C. The van der Waals surface area contributed by atoms with Crippen LogP contribution in [0.5, 0.6) is 0 Å². The second-order valence-corrected chi connectivity index (χ2v) is 3.23. The Hall–Kier alpha value is -1.58. The third-order valence-corrected chi connectivity index (χ3v) is 1.94. The van der Waals surface area contributed by atoms with Crippen LogP contribution in [0.15, 0.2) is 25.7 Å². The fourth-order valence-electron chi connectivity index (χ4n) is 1.20. The minimum Gasteiger partial charge on any atom is -0.435 e. The Balaban J connectivity index is 3.27. The molecule has 0 aromatic heterocycles. The highest BCUT2D eigenvalue weighted by molar-refractivity contribution is 5.70. The molecular formula is C12H18O4. The van der Waals surface area contributed by atoms with E-state index in [1.165, 1.54) is 0 Å². The largest absolute Gasteiger partial charge is 0.435 e. The maximum atomic E-state index is 10.9. The van der Waals surface area contributed by atoms with Crippen LogP contribution in [-0.4, -0.2) is 11.9 Å². The molecule has 16 heavy (non-hydrogen) atoms. The number of rotatable bonds is 9. The summed E-state index contributed by atoms with van der Waals surface area (Å²) in [5.74, 6) is -0.526. The fraction of sp³-hybridized carbons (Fsp3) is 0.500. The number of unbranched alkanes of at least 4 members (excludes halogenated alkanes) is 3. The van der Waals surface area contributed by atoms with E-state index in [0.717, 1.165) is 38.2 Å². The second-order valence-electron chi connectivity index (χ2n) is 3.23. The van der Waals surface area contributed by atoms with Crippen molar-refractivity contribution in [3.8, 4) is 0 Å². The maximum Gasteiger partial charge on any atom is 0.310 e. The van der Waals surface area contributed by atoms with Gasteiger partial charge in [-0.05, 0) is 12.8 Å². The molecule has 0 aromatic rings. The summed E-state index contributed by atoms with van der Waals surface area (Å²) in [6.07, 6.45) is 6.38. The first-order valence-corrected chi connectivity index (χ1v) is 5.31. The molecule has 0 amide bonds. The summed E-state index contributed by atoms with van der Waals surface area (Å²) in [6.45, 7) is 6.59. The predicted octanol–water partition coefficient (Wildman–Crippen LogP) is 2.70. The molecule has 0 fully saturated rings. The van der Waals surface area contributed by atoms with Gasteiger partial charge in [0.05, 0.1) is 12.5 Å². The molecule has 0 bridgehead atoms. The molecule has 0 aliphatic heterocycles. The van der Waals surface area contributed by atoms with Gasteiger partial charge >= 0.3 is 11.9 Å². The molecule has 0 radical (unpaired) electrons. The molecule has 0 aliphatic carbocycles. The van der Waals surface area contributed by atoms with Crippen LogP contribution in [0.4, 0.5) is 0 Å². The molecule has 0 aliphatic rings. The summed E-state index contributed by atoms with van der Waals surface area (Å²) in [5, 5.41) is 0. The Morgan fingerprint density at radius 2 is 1.19 bits per heavy atom. The molecule has 0 saturated carbocycles. The van der Waals surface area contributed by atoms with E-state index in [2.05, 4.69) is 22.6 Å². The topological polar surface area (TPSA) is 52.6 Å². The molecule has 0 N–H and O–H groups in total. The molecule has 0 atom stereocenters. The zero-order valence-electron chi connectivity index (χ0n) is 9.44. The van der Waals surface area contributed by atoms with Crippen molar-refractivity contribution in [2.75, 3.05) is 0 Å². The van der Waals surface area contributed by atoms with Crippen molar-refractivity contribution in [2.45, 2.75) is 38.5 Å². The lowest BCUT2D eigenvalue weighted by molar-refractivity contribution is -0.139. The minimum absolute atomic E-state index is 0.263. The van der Waals surface area contributed by atoms with E-state index in [4.69, 9.17) is 0 Å². The molecule has 0 heterocycles. The molecule has 0 aromatic carbocycles. The van der Waals surface area contributed by atoms with Gasteiger partial charge < -0.3 is 9.47 Å². The van der Waals surface area contributed by atoms with Crippen molar-refractivity contribution in [1.82, 2.24) is 0 Å². The van der Waals surface area contributed by atoms with Crippen LogP contribution in [0, 0.1) is 0 Å². The van der Waals surface area contributed by atoms with E-state index >= 15 is 0 Å². The lowest BCUT2D eigenvalue weighted by Crippen LogP contribution is -2.00. The lowest BCUT2D eigenvalue weighted by Gasteiger charge is -2.00. The van der Waals surface area contributed by atoms with Crippen LogP contribution >= 0.6 is 0 Å². The number of carbonyl (C=O) groups excluding carboxylic acids is 2. The standard InChI is InChI=1S/C12H18O4/c1-3-15-11(13)9-7-5-6-8-10-12(14)16-4-2/h3-4H,1-2,5-10H2. The van der Waals surface area contributed by atoms with Gasteiger partial charge in [-0.1, -0.05) is 26.0 Å². The van der Waals surface area contributed by atoms with Crippen LogP contribution in [-0.2, 0) is 19.1 Å². The summed E-state index contributed by atoms with van der Waals surface area (Å²) in [4.78, 5) is 21.8. The second kappa shape index (κ2) is 9.96. The van der Waals surface area contributed by atoms with Crippen molar-refractivity contribution in [3.05, 3.63) is 25.7 Å². The van der Waals surface area contributed by atoms with Gasteiger partial charge in [0, 0.05) is 12.8 Å². The lowest BCUT2D eigenvalue weighted by atomic mass is 10.1. The number of carbonyl (C=O) groups is 2. The molecule has 0 rings (SSSR count). The fourth-order valence-corrected chi connectivity index (χ4v) is 1.20. The van der Waals surface area contributed by atoms with Crippen molar-refractivity contribution in [1.29, 1.82) is 0 Å². The van der Waals surface area contributed by atoms with Gasteiger partial charge in [0.15, 0.2) is 0 Å². The Morgan fingerprint density at radius 3 is 1.50 bits per heavy atom. The van der Waals surface area contributed by atoms with Crippen LogP contribution in [0.3, 0.4) is 0 Å². The zero-order chi connectivity index (χ0) is 12.2. The summed E-state index contributed by atoms with van der Waals surface area (Å²) in [6, 6.07) is 0. The predicted molar refractivity (Wildman–Crippen MR) is 60.3 cm³/mol. The average Bonchev–Trinajstić information content (AvgIpc) is 2.24. The first-order chi connectivity index (χ1) is 7.70. The molecule has 0 unspecified atom stereocenters. The summed E-state index contributed by atoms with van der Waals surface area (Å²) < 4.78 is 9.12. The first-order valence-electron chi connectivity index (χ1n) is 5.31. The van der Waals surface area contributed by atoms with E-state index in [9.17, 15) is 9.59 Å².